The van der Waals surface area contributed by atoms with Crippen molar-refractivity contribution in [2.45, 2.75) is 12.8 Å². The Morgan fingerprint density at radius 1 is 1.12 bits per heavy atom. The molecule has 1 aliphatic carbocycles. The zero-order chi connectivity index (χ0) is 17.2. The Hall–Kier alpha value is -2.73. The average Bonchev–Trinajstić information content (AvgIpc) is 3.38. The number of hydrogen-bond acceptors (Lipinski definition) is 4. The molecule has 3 aromatic rings. The summed E-state index contributed by atoms with van der Waals surface area (Å²) in [6.45, 7) is 0. The average molecular weight is 353 g/mol. The molecular weight excluding hydrogens is 337 g/mol. The lowest BCUT2D eigenvalue weighted by Gasteiger charge is -2.05. The summed E-state index contributed by atoms with van der Waals surface area (Å²) in [5.74, 6) is -0.0296. The molecule has 4 nitrogen and oxygen atoms in total. The number of para-hydroxylation sites is 1. The van der Waals surface area contributed by atoms with Gasteiger partial charge in [0.2, 0.25) is 5.91 Å². The van der Waals surface area contributed by atoms with Crippen LogP contribution in [-0.2, 0) is 4.79 Å². The summed E-state index contributed by atoms with van der Waals surface area (Å²) in [7, 11) is 0. The molecule has 1 saturated carbocycles. The van der Waals surface area contributed by atoms with Crippen LogP contribution >= 0.6 is 11.3 Å². The second kappa shape index (κ2) is 6.64. The van der Waals surface area contributed by atoms with Gasteiger partial charge in [0.25, 0.3) is 0 Å². The number of halogens is 1. The molecule has 0 atom stereocenters. The van der Waals surface area contributed by atoms with Gasteiger partial charge in [-0.05, 0) is 37.1 Å². The summed E-state index contributed by atoms with van der Waals surface area (Å²) in [6.07, 6.45) is 1.97. The van der Waals surface area contributed by atoms with Gasteiger partial charge in [-0.1, -0.05) is 24.3 Å². The molecule has 1 aromatic heterocycles. The fourth-order valence-corrected chi connectivity index (χ4v) is 3.19. The highest BCUT2D eigenvalue weighted by Gasteiger charge is 2.29. The van der Waals surface area contributed by atoms with E-state index in [1.165, 1.54) is 17.4 Å². The molecule has 2 N–H and O–H groups in total. The van der Waals surface area contributed by atoms with Crippen molar-refractivity contribution >= 4 is 33.8 Å². The van der Waals surface area contributed by atoms with Crippen molar-refractivity contribution in [1.82, 2.24) is 4.98 Å². The Morgan fingerprint density at radius 2 is 1.88 bits per heavy atom. The van der Waals surface area contributed by atoms with Gasteiger partial charge < -0.3 is 10.6 Å². The van der Waals surface area contributed by atoms with Gasteiger partial charge in [0.1, 0.15) is 5.82 Å². The summed E-state index contributed by atoms with van der Waals surface area (Å²) in [4.78, 5) is 16.3. The van der Waals surface area contributed by atoms with E-state index < -0.39 is 0 Å². The van der Waals surface area contributed by atoms with Crippen LogP contribution in [0.15, 0.2) is 53.9 Å². The molecular formula is C19H16FN3OS. The second-order valence-corrected chi connectivity index (χ2v) is 6.84. The number of carbonyl (C=O) groups excluding carboxylic acids is 1. The number of aromatic nitrogens is 1. The van der Waals surface area contributed by atoms with Crippen molar-refractivity contribution in [3.8, 4) is 11.3 Å². The molecule has 1 aliphatic rings. The van der Waals surface area contributed by atoms with E-state index in [2.05, 4.69) is 15.6 Å². The fourth-order valence-electron chi connectivity index (χ4n) is 2.46. The number of nitrogens with zero attached hydrogens (tertiary/aromatic N) is 1. The molecule has 4 rings (SSSR count). The highest BCUT2D eigenvalue weighted by molar-refractivity contribution is 7.14. The molecule has 0 bridgehead atoms. The van der Waals surface area contributed by atoms with Gasteiger partial charge in [-0.2, -0.15) is 0 Å². The monoisotopic (exact) mass is 353 g/mol. The molecule has 0 spiro atoms. The Labute approximate surface area is 148 Å². The van der Waals surface area contributed by atoms with Crippen LogP contribution < -0.4 is 10.6 Å². The third kappa shape index (κ3) is 3.69. The van der Waals surface area contributed by atoms with Crippen molar-refractivity contribution in [2.24, 2.45) is 5.92 Å². The topological polar surface area (TPSA) is 54.0 Å². The maximum atomic E-state index is 13.7. The van der Waals surface area contributed by atoms with E-state index in [1.54, 1.807) is 18.2 Å². The minimum Gasteiger partial charge on any atom is -0.329 e. The molecule has 1 heterocycles. The summed E-state index contributed by atoms with van der Waals surface area (Å²) in [5.41, 5.74) is 2.95. The highest BCUT2D eigenvalue weighted by Crippen LogP contribution is 2.31. The molecule has 0 radical (unpaired) electrons. The SMILES string of the molecule is O=C(Nc1ccc(-c2csc(Nc3ccccc3F)n2)cc1)C1CC1. The van der Waals surface area contributed by atoms with E-state index in [-0.39, 0.29) is 17.6 Å². The molecule has 126 valence electrons. The van der Waals surface area contributed by atoms with Crippen molar-refractivity contribution in [1.29, 1.82) is 0 Å². The number of hydrogen-bond donors (Lipinski definition) is 2. The van der Waals surface area contributed by atoms with Crippen LogP contribution in [0.25, 0.3) is 11.3 Å². The maximum Gasteiger partial charge on any atom is 0.227 e. The van der Waals surface area contributed by atoms with Gasteiger partial charge in [0.15, 0.2) is 5.13 Å². The van der Waals surface area contributed by atoms with Crippen LogP contribution in [0.2, 0.25) is 0 Å². The van der Waals surface area contributed by atoms with E-state index >= 15 is 0 Å². The van der Waals surface area contributed by atoms with Gasteiger partial charge in [-0.3, -0.25) is 4.79 Å². The normalized spacial score (nSPS) is 13.5. The van der Waals surface area contributed by atoms with Crippen molar-refractivity contribution in [3.05, 3.63) is 59.7 Å². The van der Waals surface area contributed by atoms with Gasteiger partial charge in [0.05, 0.1) is 11.4 Å². The summed E-state index contributed by atoms with van der Waals surface area (Å²) in [6, 6.07) is 14.1. The van der Waals surface area contributed by atoms with Crippen LogP contribution in [0, 0.1) is 11.7 Å². The summed E-state index contributed by atoms with van der Waals surface area (Å²) >= 11 is 1.42. The summed E-state index contributed by atoms with van der Waals surface area (Å²) < 4.78 is 13.7. The van der Waals surface area contributed by atoms with Gasteiger partial charge >= 0.3 is 0 Å². The van der Waals surface area contributed by atoms with Crippen LogP contribution in [0.1, 0.15) is 12.8 Å². The van der Waals surface area contributed by atoms with Crippen molar-refractivity contribution in [2.75, 3.05) is 10.6 Å². The minimum atomic E-state index is -0.310. The highest BCUT2D eigenvalue weighted by atomic mass is 32.1. The number of anilines is 3. The predicted molar refractivity (Wildman–Crippen MR) is 98.6 cm³/mol. The first-order valence-corrected chi connectivity index (χ1v) is 8.95. The zero-order valence-electron chi connectivity index (χ0n) is 13.3. The van der Waals surface area contributed by atoms with E-state index in [1.807, 2.05) is 29.6 Å². The number of thiazole rings is 1. The molecule has 6 heteroatoms. The Balaban J connectivity index is 1.46. The van der Waals surface area contributed by atoms with Gasteiger partial charge in [-0.15, -0.1) is 11.3 Å². The largest absolute Gasteiger partial charge is 0.329 e. The fraction of sp³-hybridized carbons (Fsp3) is 0.158. The molecule has 25 heavy (non-hydrogen) atoms. The third-order valence-electron chi connectivity index (χ3n) is 4.02. The maximum absolute atomic E-state index is 13.7. The first-order valence-electron chi connectivity index (χ1n) is 8.07. The van der Waals surface area contributed by atoms with Crippen LogP contribution in [0.5, 0.6) is 0 Å². The molecule has 0 aliphatic heterocycles. The Bertz CT molecular complexity index is 903. The number of carbonyl (C=O) groups is 1. The number of nitrogens with one attached hydrogen (secondary N) is 2. The van der Waals surface area contributed by atoms with Crippen molar-refractivity contribution < 1.29 is 9.18 Å². The van der Waals surface area contributed by atoms with Gasteiger partial charge in [0, 0.05) is 22.5 Å². The standard InChI is InChI=1S/C19H16FN3OS/c20-15-3-1-2-4-16(15)22-19-23-17(11-25-19)12-7-9-14(10-8-12)21-18(24)13-5-6-13/h1-4,7-11,13H,5-6H2,(H,21,24)(H,22,23). The first-order chi connectivity index (χ1) is 12.2. The van der Waals surface area contributed by atoms with Crippen molar-refractivity contribution in [3.63, 3.8) is 0 Å². The van der Waals surface area contributed by atoms with Crippen LogP contribution in [-0.4, -0.2) is 10.9 Å². The van der Waals surface area contributed by atoms with E-state index in [9.17, 15) is 9.18 Å². The van der Waals surface area contributed by atoms with E-state index in [0.717, 1.165) is 29.8 Å². The quantitative estimate of drug-likeness (QED) is 0.675. The number of rotatable bonds is 5. The lowest BCUT2D eigenvalue weighted by atomic mass is 10.1. The zero-order valence-corrected chi connectivity index (χ0v) is 14.1. The molecule has 1 amide bonds. The lowest BCUT2D eigenvalue weighted by molar-refractivity contribution is -0.117. The lowest BCUT2D eigenvalue weighted by Crippen LogP contribution is -2.12. The number of benzene rings is 2. The second-order valence-electron chi connectivity index (χ2n) is 5.98. The molecule has 0 unspecified atom stereocenters. The van der Waals surface area contributed by atoms with E-state index in [4.69, 9.17) is 0 Å². The molecule has 1 fully saturated rings. The van der Waals surface area contributed by atoms with Crippen LogP contribution in [0.3, 0.4) is 0 Å². The van der Waals surface area contributed by atoms with Gasteiger partial charge in [-0.25, -0.2) is 9.37 Å². The number of amides is 1. The minimum absolute atomic E-state index is 0.0952. The smallest absolute Gasteiger partial charge is 0.227 e. The first kappa shape index (κ1) is 15.8. The summed E-state index contributed by atoms with van der Waals surface area (Å²) in [5, 5.41) is 8.46. The predicted octanol–water partition coefficient (Wildman–Crippen LogP) is 5.04. The third-order valence-corrected chi connectivity index (χ3v) is 4.77. The Kier molecular flexibility index (Phi) is 4.19. The Morgan fingerprint density at radius 3 is 2.60 bits per heavy atom. The molecule has 2 aromatic carbocycles. The molecule has 0 saturated heterocycles. The van der Waals surface area contributed by atoms with Crippen LogP contribution in [0.4, 0.5) is 20.9 Å². The van der Waals surface area contributed by atoms with E-state index in [0.29, 0.717) is 10.8 Å².